The van der Waals surface area contributed by atoms with Gasteiger partial charge >= 0.3 is 6.09 Å². The number of nitrogens with zero attached hydrogens (tertiary/aromatic N) is 3. The fraction of sp³-hybridized carbons (Fsp3) is 0.421. The van der Waals surface area contributed by atoms with Crippen molar-refractivity contribution in [2.75, 3.05) is 42.5 Å². The number of halogens is 1. The molecule has 28 heavy (non-hydrogen) atoms. The molecule has 0 spiro atoms. The molecule has 0 aliphatic carbocycles. The van der Waals surface area contributed by atoms with Crippen molar-refractivity contribution in [3.05, 3.63) is 35.7 Å². The van der Waals surface area contributed by atoms with Crippen LogP contribution >= 0.6 is 0 Å². The van der Waals surface area contributed by atoms with Crippen LogP contribution in [0, 0.1) is 17.1 Å². The number of allylic oxidation sites excluding steroid dienone is 1. The number of nitrogens with one attached hydrogen (secondary N) is 1. The number of hydrogen-bond acceptors (Lipinski definition) is 6. The standard InChI is InChI=1S/C19H22FN5O3/c20-16-9-14(25-12-15(28-19(25)27)11-23-18(26)10-22)1-2-17(16)24-7-4-13(3-6-21)5-8-24/h1-3,9,15H,4-5,7-8,10-12,22H2,(H,23,26)/t15-/m0/s1. The van der Waals surface area contributed by atoms with Gasteiger partial charge in [-0.25, -0.2) is 9.18 Å². The lowest BCUT2D eigenvalue weighted by Gasteiger charge is -2.30. The molecule has 2 aliphatic heterocycles. The van der Waals surface area contributed by atoms with E-state index >= 15 is 0 Å². The molecule has 1 aromatic rings. The molecule has 3 rings (SSSR count). The largest absolute Gasteiger partial charge is 0.442 e. The van der Waals surface area contributed by atoms with Crippen molar-refractivity contribution in [3.63, 3.8) is 0 Å². The lowest BCUT2D eigenvalue weighted by atomic mass is 10.0. The Bertz CT molecular complexity index is 825. The number of carbonyl (C=O) groups is 2. The number of cyclic esters (lactones) is 1. The molecule has 2 amide bonds. The lowest BCUT2D eigenvalue weighted by Crippen LogP contribution is -2.37. The summed E-state index contributed by atoms with van der Waals surface area (Å²) in [5.41, 5.74) is 7.17. The van der Waals surface area contributed by atoms with Crippen LogP contribution in [0.1, 0.15) is 12.8 Å². The van der Waals surface area contributed by atoms with Crippen molar-refractivity contribution < 1.29 is 18.7 Å². The molecule has 0 unspecified atom stereocenters. The van der Waals surface area contributed by atoms with Crippen molar-refractivity contribution in [1.82, 2.24) is 5.32 Å². The normalized spacial score (nSPS) is 19.2. The van der Waals surface area contributed by atoms with Gasteiger partial charge in [-0.2, -0.15) is 5.26 Å². The minimum Gasteiger partial charge on any atom is -0.442 e. The Morgan fingerprint density at radius 2 is 2.18 bits per heavy atom. The van der Waals surface area contributed by atoms with E-state index in [0.29, 0.717) is 24.5 Å². The van der Waals surface area contributed by atoms with Gasteiger partial charge in [-0.3, -0.25) is 9.69 Å². The highest BCUT2D eigenvalue weighted by Gasteiger charge is 2.33. The Morgan fingerprint density at radius 1 is 1.43 bits per heavy atom. The van der Waals surface area contributed by atoms with Crippen LogP contribution in [0.15, 0.2) is 29.8 Å². The third-order valence-corrected chi connectivity index (χ3v) is 4.84. The number of benzene rings is 1. The highest BCUT2D eigenvalue weighted by Crippen LogP contribution is 2.30. The number of nitriles is 1. The zero-order valence-corrected chi connectivity index (χ0v) is 15.4. The second-order valence-corrected chi connectivity index (χ2v) is 6.68. The predicted octanol–water partition coefficient (Wildman–Crippen LogP) is 1.28. The maximum absolute atomic E-state index is 14.7. The van der Waals surface area contributed by atoms with Crippen molar-refractivity contribution >= 4 is 23.4 Å². The second-order valence-electron chi connectivity index (χ2n) is 6.68. The summed E-state index contributed by atoms with van der Waals surface area (Å²) in [7, 11) is 0. The average Bonchev–Trinajstić information content (AvgIpc) is 3.07. The van der Waals surface area contributed by atoms with Gasteiger partial charge in [0.05, 0.1) is 37.1 Å². The monoisotopic (exact) mass is 387 g/mol. The number of hydrogen-bond donors (Lipinski definition) is 2. The zero-order valence-electron chi connectivity index (χ0n) is 15.4. The third-order valence-electron chi connectivity index (χ3n) is 4.84. The molecule has 148 valence electrons. The van der Waals surface area contributed by atoms with Gasteiger partial charge in [-0.15, -0.1) is 0 Å². The van der Waals surface area contributed by atoms with Crippen molar-refractivity contribution in [3.8, 4) is 6.07 Å². The van der Waals surface area contributed by atoms with Gasteiger partial charge in [-0.05, 0) is 31.0 Å². The first-order valence-corrected chi connectivity index (χ1v) is 9.08. The Kier molecular flexibility index (Phi) is 6.11. The first-order chi connectivity index (χ1) is 13.5. The average molecular weight is 387 g/mol. The molecule has 1 aromatic carbocycles. The zero-order chi connectivity index (χ0) is 20.1. The van der Waals surface area contributed by atoms with Crippen LogP contribution in [0.25, 0.3) is 0 Å². The van der Waals surface area contributed by atoms with Gasteiger partial charge in [0.15, 0.2) is 0 Å². The second kappa shape index (κ2) is 8.71. The summed E-state index contributed by atoms with van der Waals surface area (Å²) in [6, 6.07) is 6.69. The molecule has 8 nitrogen and oxygen atoms in total. The number of carbonyl (C=O) groups excluding carboxylic acids is 2. The van der Waals surface area contributed by atoms with Crippen LogP contribution in [0.2, 0.25) is 0 Å². The van der Waals surface area contributed by atoms with Crippen molar-refractivity contribution in [1.29, 1.82) is 5.26 Å². The lowest BCUT2D eigenvalue weighted by molar-refractivity contribution is -0.120. The van der Waals surface area contributed by atoms with Gasteiger partial charge in [0.25, 0.3) is 0 Å². The quantitative estimate of drug-likeness (QED) is 0.736. The van der Waals surface area contributed by atoms with Crippen molar-refractivity contribution in [2.24, 2.45) is 5.73 Å². The smallest absolute Gasteiger partial charge is 0.414 e. The molecular formula is C19H22FN5O3. The van der Waals surface area contributed by atoms with E-state index in [1.165, 1.54) is 11.0 Å². The fourth-order valence-electron chi connectivity index (χ4n) is 3.33. The SMILES string of the molecule is N#CC=C1CCN(c2ccc(N3C[C@H](CNC(=O)CN)OC3=O)cc2F)CC1. The molecule has 2 fully saturated rings. The summed E-state index contributed by atoms with van der Waals surface area (Å²) in [6.07, 6.45) is 1.91. The Labute approximate surface area is 162 Å². The summed E-state index contributed by atoms with van der Waals surface area (Å²) in [4.78, 5) is 26.6. The van der Waals surface area contributed by atoms with Gasteiger partial charge in [0, 0.05) is 19.2 Å². The topological polar surface area (TPSA) is 112 Å². The molecule has 1 atom stereocenters. The molecular weight excluding hydrogens is 365 g/mol. The molecule has 0 saturated carbocycles. The molecule has 0 radical (unpaired) electrons. The van der Waals surface area contributed by atoms with E-state index in [9.17, 15) is 14.0 Å². The number of anilines is 2. The maximum atomic E-state index is 14.7. The Morgan fingerprint density at radius 3 is 2.82 bits per heavy atom. The van der Waals surface area contributed by atoms with Crippen LogP contribution in [-0.2, 0) is 9.53 Å². The Hall–Kier alpha value is -3.12. The van der Waals surface area contributed by atoms with Crippen LogP contribution in [0.3, 0.4) is 0 Å². The van der Waals surface area contributed by atoms with Gasteiger partial charge < -0.3 is 20.7 Å². The number of piperidine rings is 1. The molecule has 9 heteroatoms. The van der Waals surface area contributed by atoms with Crippen molar-refractivity contribution in [2.45, 2.75) is 18.9 Å². The van der Waals surface area contributed by atoms with Crippen LogP contribution in [0.5, 0.6) is 0 Å². The van der Waals surface area contributed by atoms with E-state index in [1.807, 2.05) is 11.0 Å². The third kappa shape index (κ3) is 4.40. The van der Waals surface area contributed by atoms with E-state index < -0.39 is 18.0 Å². The van der Waals surface area contributed by atoms with E-state index in [0.717, 1.165) is 18.4 Å². The molecule has 2 aliphatic rings. The summed E-state index contributed by atoms with van der Waals surface area (Å²) in [5.74, 6) is -0.753. The number of nitrogens with two attached hydrogens (primary N) is 1. The van der Waals surface area contributed by atoms with Gasteiger partial charge in [0.2, 0.25) is 5.91 Å². The number of amides is 2. The van der Waals surface area contributed by atoms with E-state index in [4.69, 9.17) is 15.7 Å². The molecule has 2 saturated heterocycles. The number of ether oxygens (including phenoxy) is 1. The van der Waals surface area contributed by atoms with E-state index in [2.05, 4.69) is 5.32 Å². The van der Waals surface area contributed by atoms with E-state index in [1.54, 1.807) is 18.2 Å². The summed E-state index contributed by atoms with van der Waals surface area (Å²) in [5, 5.41) is 11.3. The first kappa shape index (κ1) is 19.6. The van der Waals surface area contributed by atoms with Crippen LogP contribution in [0.4, 0.5) is 20.6 Å². The highest BCUT2D eigenvalue weighted by atomic mass is 19.1. The summed E-state index contributed by atoms with van der Waals surface area (Å²) >= 11 is 0. The predicted molar refractivity (Wildman–Crippen MR) is 101 cm³/mol. The molecule has 2 heterocycles. The summed E-state index contributed by atoms with van der Waals surface area (Å²) < 4.78 is 19.9. The molecule has 3 N–H and O–H groups in total. The van der Waals surface area contributed by atoms with E-state index in [-0.39, 0.29) is 25.5 Å². The van der Waals surface area contributed by atoms with Gasteiger partial charge in [-0.1, -0.05) is 5.57 Å². The number of rotatable bonds is 5. The van der Waals surface area contributed by atoms with Crippen LogP contribution < -0.4 is 20.9 Å². The minimum atomic E-state index is -0.580. The Balaban J connectivity index is 1.64. The minimum absolute atomic E-state index is 0.138. The highest BCUT2D eigenvalue weighted by molar-refractivity contribution is 5.90. The maximum Gasteiger partial charge on any atom is 0.414 e. The summed E-state index contributed by atoms with van der Waals surface area (Å²) in [6.45, 7) is 1.51. The molecule has 0 bridgehead atoms. The first-order valence-electron chi connectivity index (χ1n) is 9.08. The molecule has 0 aromatic heterocycles. The fourth-order valence-corrected chi connectivity index (χ4v) is 3.33. The van der Waals surface area contributed by atoms with Gasteiger partial charge in [0.1, 0.15) is 11.9 Å². The van der Waals surface area contributed by atoms with Crippen LogP contribution in [-0.4, -0.2) is 50.8 Å².